The van der Waals surface area contributed by atoms with Gasteiger partial charge < -0.3 is 0 Å². The van der Waals surface area contributed by atoms with Crippen LogP contribution < -0.4 is 0 Å². The molecule has 0 aromatic carbocycles. The molecule has 0 nitrogen and oxygen atoms in total. The second-order valence-electron chi connectivity index (χ2n) is 5.13. The Balaban J connectivity index is 1.72. The summed E-state index contributed by atoms with van der Waals surface area (Å²) in [7, 11) is 0. The van der Waals surface area contributed by atoms with E-state index in [1.807, 2.05) is 0 Å². The second-order valence-corrected chi connectivity index (χ2v) is 5.58. The van der Waals surface area contributed by atoms with Crippen LogP contribution in [0.25, 0.3) is 0 Å². The van der Waals surface area contributed by atoms with Gasteiger partial charge in [-0.1, -0.05) is 75.7 Å². The summed E-state index contributed by atoms with van der Waals surface area (Å²) in [6.07, 6.45) is 23.0. The lowest BCUT2D eigenvalue weighted by molar-refractivity contribution is 0.544. The molecular formula is C16H28S. The molecule has 0 spiro atoms. The number of unbranched alkanes of at least 4 members (excludes halogenated alkanes) is 8. The van der Waals surface area contributed by atoms with Crippen molar-refractivity contribution in [2.75, 3.05) is 5.75 Å². The van der Waals surface area contributed by atoms with E-state index < -0.39 is 0 Å². The summed E-state index contributed by atoms with van der Waals surface area (Å²) >= 11 is 4.23. The van der Waals surface area contributed by atoms with Crippen molar-refractivity contribution in [3.8, 4) is 0 Å². The van der Waals surface area contributed by atoms with E-state index in [0.717, 1.165) is 11.7 Å². The Kier molecular flexibility index (Phi) is 9.59. The van der Waals surface area contributed by atoms with E-state index in [1.165, 1.54) is 64.2 Å². The average Bonchev–Trinajstić information content (AvgIpc) is 2.85. The fourth-order valence-electron chi connectivity index (χ4n) is 2.40. The van der Waals surface area contributed by atoms with E-state index in [4.69, 9.17) is 0 Å². The second kappa shape index (κ2) is 11.0. The van der Waals surface area contributed by atoms with E-state index in [0.29, 0.717) is 0 Å². The van der Waals surface area contributed by atoms with Gasteiger partial charge in [-0.25, -0.2) is 0 Å². The van der Waals surface area contributed by atoms with E-state index in [1.54, 1.807) is 0 Å². The SMILES string of the molecule is SCCCCCCCCCCCC1C=CC=C1. The molecule has 17 heavy (non-hydrogen) atoms. The third-order valence-electron chi connectivity index (χ3n) is 3.52. The molecule has 0 N–H and O–H groups in total. The van der Waals surface area contributed by atoms with Crippen LogP contribution in [0.4, 0.5) is 0 Å². The number of rotatable bonds is 11. The average molecular weight is 252 g/mol. The largest absolute Gasteiger partial charge is 0.179 e. The molecule has 0 heterocycles. The Morgan fingerprint density at radius 3 is 1.65 bits per heavy atom. The lowest BCUT2D eigenvalue weighted by Gasteiger charge is -2.05. The van der Waals surface area contributed by atoms with Crippen LogP contribution in [0.5, 0.6) is 0 Å². The van der Waals surface area contributed by atoms with Crippen LogP contribution in [-0.2, 0) is 0 Å². The van der Waals surface area contributed by atoms with Gasteiger partial charge in [0.15, 0.2) is 0 Å². The lowest BCUT2D eigenvalue weighted by atomic mass is 10.0. The van der Waals surface area contributed by atoms with Crippen molar-refractivity contribution < 1.29 is 0 Å². The molecule has 0 aromatic heterocycles. The Hall–Kier alpha value is -0.170. The van der Waals surface area contributed by atoms with Crippen molar-refractivity contribution in [3.05, 3.63) is 24.3 Å². The fraction of sp³-hybridized carbons (Fsp3) is 0.750. The summed E-state index contributed by atoms with van der Waals surface area (Å²) < 4.78 is 0. The molecule has 0 aliphatic heterocycles. The maximum absolute atomic E-state index is 4.23. The normalized spacial score (nSPS) is 14.9. The highest BCUT2D eigenvalue weighted by molar-refractivity contribution is 7.80. The van der Waals surface area contributed by atoms with Gasteiger partial charge in [0.05, 0.1) is 0 Å². The van der Waals surface area contributed by atoms with Crippen molar-refractivity contribution in [1.29, 1.82) is 0 Å². The van der Waals surface area contributed by atoms with Gasteiger partial charge in [-0.15, -0.1) is 0 Å². The predicted octanol–water partition coefficient (Wildman–Crippen LogP) is 5.56. The highest BCUT2D eigenvalue weighted by Crippen LogP contribution is 2.18. The van der Waals surface area contributed by atoms with E-state index in [9.17, 15) is 0 Å². The zero-order chi connectivity index (χ0) is 12.2. The lowest BCUT2D eigenvalue weighted by Crippen LogP contribution is -1.89. The van der Waals surface area contributed by atoms with Crippen molar-refractivity contribution >= 4 is 12.6 Å². The van der Waals surface area contributed by atoms with Gasteiger partial charge in [0.25, 0.3) is 0 Å². The van der Waals surface area contributed by atoms with Crippen LogP contribution in [0.3, 0.4) is 0 Å². The molecular weight excluding hydrogens is 224 g/mol. The van der Waals surface area contributed by atoms with Crippen molar-refractivity contribution in [2.45, 2.75) is 64.2 Å². The summed E-state index contributed by atoms with van der Waals surface area (Å²) in [5.41, 5.74) is 0. The molecule has 1 rings (SSSR count). The Morgan fingerprint density at radius 1 is 0.647 bits per heavy atom. The highest BCUT2D eigenvalue weighted by atomic mass is 32.1. The molecule has 0 radical (unpaired) electrons. The predicted molar refractivity (Wildman–Crippen MR) is 81.8 cm³/mol. The first kappa shape index (κ1) is 14.9. The van der Waals surface area contributed by atoms with Gasteiger partial charge in [0.1, 0.15) is 0 Å². The van der Waals surface area contributed by atoms with Crippen LogP contribution in [0.2, 0.25) is 0 Å². The Bertz CT molecular complexity index is 206. The molecule has 98 valence electrons. The number of hydrogen-bond acceptors (Lipinski definition) is 1. The summed E-state index contributed by atoms with van der Waals surface area (Å²) in [6, 6.07) is 0. The van der Waals surface area contributed by atoms with Crippen molar-refractivity contribution in [1.82, 2.24) is 0 Å². The summed E-state index contributed by atoms with van der Waals surface area (Å²) in [5.74, 6) is 1.81. The molecule has 0 aromatic rings. The Morgan fingerprint density at radius 2 is 1.12 bits per heavy atom. The quantitative estimate of drug-likeness (QED) is 0.361. The monoisotopic (exact) mass is 252 g/mol. The molecule has 1 aliphatic carbocycles. The first-order valence-electron chi connectivity index (χ1n) is 7.39. The first-order chi connectivity index (χ1) is 8.43. The van der Waals surface area contributed by atoms with Crippen LogP contribution >= 0.6 is 12.6 Å². The number of thiol groups is 1. The van der Waals surface area contributed by atoms with Gasteiger partial charge in [0, 0.05) is 0 Å². The van der Waals surface area contributed by atoms with E-state index >= 15 is 0 Å². The topological polar surface area (TPSA) is 0 Å². The zero-order valence-electron chi connectivity index (χ0n) is 11.1. The summed E-state index contributed by atoms with van der Waals surface area (Å²) in [6.45, 7) is 0. The minimum Gasteiger partial charge on any atom is -0.179 e. The highest BCUT2D eigenvalue weighted by Gasteiger charge is 2.02. The van der Waals surface area contributed by atoms with Crippen molar-refractivity contribution in [3.63, 3.8) is 0 Å². The van der Waals surface area contributed by atoms with Crippen LogP contribution in [0, 0.1) is 5.92 Å². The maximum atomic E-state index is 4.23. The smallest absolute Gasteiger partial charge is 0.00473 e. The van der Waals surface area contributed by atoms with Gasteiger partial charge in [0.2, 0.25) is 0 Å². The molecule has 0 bridgehead atoms. The molecule has 1 heteroatoms. The minimum absolute atomic E-state index is 0.747. The Labute approximate surface area is 113 Å². The molecule has 1 aliphatic rings. The van der Waals surface area contributed by atoms with Crippen LogP contribution in [-0.4, -0.2) is 5.75 Å². The van der Waals surface area contributed by atoms with Gasteiger partial charge in [-0.3, -0.25) is 0 Å². The molecule has 0 amide bonds. The van der Waals surface area contributed by atoms with Gasteiger partial charge in [-0.2, -0.15) is 12.6 Å². The first-order valence-corrected chi connectivity index (χ1v) is 8.02. The zero-order valence-corrected chi connectivity index (χ0v) is 12.0. The standard InChI is InChI=1S/C16H28S/c17-15-11-7-5-3-1-2-4-6-8-12-16-13-9-10-14-16/h9-10,13-14,16-17H,1-8,11-12,15H2. The van der Waals surface area contributed by atoms with Gasteiger partial charge in [-0.05, 0) is 24.5 Å². The minimum atomic E-state index is 0.747. The van der Waals surface area contributed by atoms with Crippen molar-refractivity contribution in [2.24, 2.45) is 5.92 Å². The van der Waals surface area contributed by atoms with Crippen LogP contribution in [0.1, 0.15) is 64.2 Å². The van der Waals surface area contributed by atoms with E-state index in [-0.39, 0.29) is 0 Å². The third kappa shape index (κ3) is 8.54. The van der Waals surface area contributed by atoms with Crippen LogP contribution in [0.15, 0.2) is 24.3 Å². The molecule has 0 atom stereocenters. The van der Waals surface area contributed by atoms with E-state index in [2.05, 4.69) is 36.9 Å². The molecule has 0 saturated heterocycles. The summed E-state index contributed by atoms with van der Waals surface area (Å²) in [4.78, 5) is 0. The summed E-state index contributed by atoms with van der Waals surface area (Å²) in [5, 5.41) is 0. The number of allylic oxidation sites excluding steroid dienone is 4. The fourth-order valence-corrected chi connectivity index (χ4v) is 2.62. The molecule has 0 unspecified atom stereocenters. The molecule has 0 saturated carbocycles. The number of hydrogen-bond donors (Lipinski definition) is 1. The third-order valence-corrected chi connectivity index (χ3v) is 3.84. The maximum Gasteiger partial charge on any atom is -0.00473 e. The molecule has 0 fully saturated rings. The van der Waals surface area contributed by atoms with Gasteiger partial charge >= 0.3 is 0 Å².